The fourth-order valence-corrected chi connectivity index (χ4v) is 1.95. The molecule has 94 valence electrons. The van der Waals surface area contributed by atoms with Crippen molar-refractivity contribution in [2.75, 3.05) is 13.7 Å². The molecule has 0 bridgehead atoms. The van der Waals surface area contributed by atoms with E-state index >= 15 is 0 Å². The van der Waals surface area contributed by atoms with E-state index in [1.54, 1.807) is 7.11 Å². The Labute approximate surface area is 105 Å². The maximum atomic E-state index is 5.74. The minimum atomic E-state index is -0.0578. The van der Waals surface area contributed by atoms with Crippen molar-refractivity contribution < 1.29 is 9.26 Å². The van der Waals surface area contributed by atoms with Crippen LogP contribution >= 0.6 is 0 Å². The molecule has 0 radical (unpaired) electrons. The van der Waals surface area contributed by atoms with Gasteiger partial charge in [-0.25, -0.2) is 0 Å². The zero-order chi connectivity index (χ0) is 12.6. The number of ether oxygens (including phenoxy) is 1. The summed E-state index contributed by atoms with van der Waals surface area (Å²) in [6.45, 7) is 0.567. The average Bonchev–Trinajstić information content (AvgIpc) is 3.08. The first-order valence-electron chi connectivity index (χ1n) is 5.96. The smallest absolute Gasteiger partial charge is 0.234 e. The third-order valence-electron chi connectivity index (χ3n) is 3.47. The Morgan fingerprint density at radius 2 is 2.06 bits per heavy atom. The van der Waals surface area contributed by atoms with E-state index in [2.05, 4.69) is 10.1 Å². The molecule has 1 aromatic heterocycles. The predicted molar refractivity (Wildman–Crippen MR) is 66.3 cm³/mol. The van der Waals surface area contributed by atoms with Crippen molar-refractivity contribution in [2.24, 2.45) is 5.73 Å². The zero-order valence-corrected chi connectivity index (χ0v) is 10.2. The summed E-state index contributed by atoms with van der Waals surface area (Å²) in [7, 11) is 1.64. The van der Waals surface area contributed by atoms with Gasteiger partial charge in [-0.1, -0.05) is 5.16 Å². The second-order valence-corrected chi connectivity index (χ2v) is 4.64. The fraction of sp³-hybridized carbons (Fsp3) is 0.385. The number of nitrogens with zero attached hydrogens (tertiary/aromatic N) is 2. The van der Waals surface area contributed by atoms with E-state index in [-0.39, 0.29) is 5.41 Å². The number of aromatic nitrogens is 2. The van der Waals surface area contributed by atoms with Crippen LogP contribution in [0.15, 0.2) is 28.8 Å². The van der Waals surface area contributed by atoms with Crippen LogP contribution < -0.4 is 10.5 Å². The highest BCUT2D eigenvalue weighted by Crippen LogP contribution is 2.46. The van der Waals surface area contributed by atoms with E-state index in [1.807, 2.05) is 24.3 Å². The maximum Gasteiger partial charge on any atom is 0.234 e. The Balaban J connectivity index is 1.88. The van der Waals surface area contributed by atoms with E-state index < -0.39 is 0 Å². The highest BCUT2D eigenvalue weighted by molar-refractivity contribution is 5.55. The highest BCUT2D eigenvalue weighted by atomic mass is 16.5. The summed E-state index contributed by atoms with van der Waals surface area (Å²) in [5, 5.41) is 4.01. The standard InChI is InChI=1S/C13H15N3O2/c1-17-10-4-2-9(3-5-10)11-15-12(18-16-11)13(8-14)6-7-13/h2-5H,6-8,14H2,1H3. The van der Waals surface area contributed by atoms with E-state index in [4.69, 9.17) is 15.0 Å². The molecule has 18 heavy (non-hydrogen) atoms. The number of hydrogen-bond donors (Lipinski definition) is 1. The van der Waals surface area contributed by atoms with Gasteiger partial charge in [-0.05, 0) is 37.1 Å². The van der Waals surface area contributed by atoms with Crippen molar-refractivity contribution in [1.29, 1.82) is 0 Å². The summed E-state index contributed by atoms with van der Waals surface area (Å²) in [5.74, 6) is 2.08. The van der Waals surface area contributed by atoms with Crippen LogP contribution in [0.2, 0.25) is 0 Å². The van der Waals surface area contributed by atoms with Gasteiger partial charge >= 0.3 is 0 Å². The lowest BCUT2D eigenvalue weighted by molar-refractivity contribution is 0.347. The molecule has 0 spiro atoms. The van der Waals surface area contributed by atoms with Crippen LogP contribution in [0.4, 0.5) is 0 Å². The Morgan fingerprint density at radius 3 is 2.61 bits per heavy atom. The van der Waals surface area contributed by atoms with Crippen molar-refractivity contribution in [3.63, 3.8) is 0 Å². The van der Waals surface area contributed by atoms with Crippen LogP contribution in [0.3, 0.4) is 0 Å². The quantitative estimate of drug-likeness (QED) is 0.888. The van der Waals surface area contributed by atoms with Gasteiger partial charge in [0.1, 0.15) is 5.75 Å². The van der Waals surface area contributed by atoms with Crippen LogP contribution in [0.25, 0.3) is 11.4 Å². The molecule has 0 saturated heterocycles. The first-order valence-corrected chi connectivity index (χ1v) is 5.96. The highest BCUT2D eigenvalue weighted by Gasteiger charge is 2.48. The van der Waals surface area contributed by atoms with Gasteiger partial charge in [0.2, 0.25) is 11.7 Å². The minimum Gasteiger partial charge on any atom is -0.497 e. The van der Waals surface area contributed by atoms with Crippen LogP contribution in [-0.2, 0) is 5.41 Å². The summed E-state index contributed by atoms with van der Waals surface area (Å²) in [5.41, 5.74) is 6.60. The number of nitrogens with two attached hydrogens (primary N) is 1. The molecular formula is C13H15N3O2. The van der Waals surface area contributed by atoms with Gasteiger partial charge in [0.05, 0.1) is 12.5 Å². The summed E-state index contributed by atoms with van der Waals surface area (Å²) in [4.78, 5) is 4.44. The van der Waals surface area contributed by atoms with E-state index in [9.17, 15) is 0 Å². The largest absolute Gasteiger partial charge is 0.497 e. The van der Waals surface area contributed by atoms with Gasteiger partial charge in [-0.15, -0.1) is 0 Å². The van der Waals surface area contributed by atoms with Gasteiger partial charge < -0.3 is 15.0 Å². The van der Waals surface area contributed by atoms with Crippen molar-refractivity contribution in [3.05, 3.63) is 30.2 Å². The van der Waals surface area contributed by atoms with Crippen LogP contribution in [0.5, 0.6) is 5.75 Å². The van der Waals surface area contributed by atoms with Crippen molar-refractivity contribution >= 4 is 0 Å². The van der Waals surface area contributed by atoms with Gasteiger partial charge in [0, 0.05) is 12.1 Å². The average molecular weight is 245 g/mol. The Kier molecular flexibility index (Phi) is 2.56. The molecule has 0 amide bonds. The number of rotatable bonds is 4. The molecule has 2 N–H and O–H groups in total. The van der Waals surface area contributed by atoms with E-state index in [1.165, 1.54) is 0 Å². The lowest BCUT2D eigenvalue weighted by Crippen LogP contribution is -2.19. The first-order chi connectivity index (χ1) is 8.77. The van der Waals surface area contributed by atoms with Crippen LogP contribution in [-0.4, -0.2) is 23.8 Å². The van der Waals surface area contributed by atoms with Gasteiger partial charge in [-0.3, -0.25) is 0 Å². The molecule has 5 heteroatoms. The Morgan fingerprint density at radius 1 is 1.33 bits per heavy atom. The number of hydrogen-bond acceptors (Lipinski definition) is 5. The summed E-state index contributed by atoms with van der Waals surface area (Å²) in [6.07, 6.45) is 2.07. The van der Waals surface area contributed by atoms with Crippen molar-refractivity contribution in [1.82, 2.24) is 10.1 Å². The molecule has 0 aliphatic heterocycles. The molecular weight excluding hydrogens is 230 g/mol. The summed E-state index contributed by atoms with van der Waals surface area (Å²) in [6, 6.07) is 7.58. The van der Waals surface area contributed by atoms with E-state index in [0.717, 1.165) is 24.2 Å². The molecule has 1 heterocycles. The molecule has 5 nitrogen and oxygen atoms in total. The topological polar surface area (TPSA) is 74.2 Å². The van der Waals surface area contributed by atoms with Gasteiger partial charge in [0.15, 0.2) is 0 Å². The zero-order valence-electron chi connectivity index (χ0n) is 10.2. The molecule has 2 aromatic rings. The summed E-state index contributed by atoms with van der Waals surface area (Å²) >= 11 is 0. The molecule has 0 unspecified atom stereocenters. The fourth-order valence-electron chi connectivity index (χ4n) is 1.95. The number of benzene rings is 1. The normalized spacial score (nSPS) is 16.6. The first kappa shape index (κ1) is 11.2. The summed E-state index contributed by atoms with van der Waals surface area (Å²) < 4.78 is 10.4. The molecule has 0 atom stereocenters. The molecule has 1 fully saturated rings. The Hall–Kier alpha value is -1.88. The van der Waals surface area contributed by atoms with Crippen LogP contribution in [0, 0.1) is 0 Å². The monoisotopic (exact) mass is 245 g/mol. The third-order valence-corrected chi connectivity index (χ3v) is 3.47. The minimum absolute atomic E-state index is 0.0578. The Bertz CT molecular complexity index is 544. The van der Waals surface area contributed by atoms with Crippen molar-refractivity contribution in [2.45, 2.75) is 18.3 Å². The van der Waals surface area contributed by atoms with Gasteiger partial charge in [-0.2, -0.15) is 4.98 Å². The molecule has 1 aliphatic rings. The van der Waals surface area contributed by atoms with Crippen molar-refractivity contribution in [3.8, 4) is 17.1 Å². The third kappa shape index (κ3) is 1.76. The van der Waals surface area contributed by atoms with E-state index in [0.29, 0.717) is 18.3 Å². The second-order valence-electron chi connectivity index (χ2n) is 4.64. The predicted octanol–water partition coefficient (Wildman–Crippen LogP) is 1.74. The molecule has 1 aromatic carbocycles. The molecule has 3 rings (SSSR count). The second kappa shape index (κ2) is 4.10. The lowest BCUT2D eigenvalue weighted by Gasteiger charge is -2.03. The molecule has 1 saturated carbocycles. The lowest BCUT2D eigenvalue weighted by atomic mass is 10.1. The maximum absolute atomic E-state index is 5.74. The number of methoxy groups -OCH3 is 1. The molecule has 1 aliphatic carbocycles. The van der Waals surface area contributed by atoms with Crippen LogP contribution in [0.1, 0.15) is 18.7 Å². The van der Waals surface area contributed by atoms with Gasteiger partial charge in [0.25, 0.3) is 0 Å². The SMILES string of the molecule is COc1ccc(-c2noc(C3(CN)CC3)n2)cc1.